The van der Waals surface area contributed by atoms with Crippen LogP contribution in [0, 0.1) is 5.92 Å². The molecule has 0 spiro atoms. The Balaban J connectivity index is 1.60. The van der Waals surface area contributed by atoms with Crippen LogP contribution in [0.4, 0.5) is 0 Å². The number of rotatable bonds is 6. The van der Waals surface area contributed by atoms with E-state index >= 15 is 0 Å². The van der Waals surface area contributed by atoms with Gasteiger partial charge >= 0.3 is 0 Å². The van der Waals surface area contributed by atoms with Gasteiger partial charge in [0.05, 0.1) is 16.3 Å². The lowest BCUT2D eigenvalue weighted by Gasteiger charge is -2.21. The first kappa shape index (κ1) is 19.5. The van der Waals surface area contributed by atoms with Crippen LogP contribution in [-0.2, 0) is 20.8 Å². The van der Waals surface area contributed by atoms with Gasteiger partial charge in [-0.15, -0.1) is 0 Å². The highest BCUT2D eigenvalue weighted by Gasteiger charge is 2.51. The second kappa shape index (κ2) is 8.15. The highest BCUT2D eigenvalue weighted by molar-refractivity contribution is 6.43. The number of carbonyl (C=O) groups excluding carboxylic acids is 3. The summed E-state index contributed by atoms with van der Waals surface area (Å²) >= 11 is 11.9. The van der Waals surface area contributed by atoms with E-state index in [0.29, 0.717) is 35.2 Å². The molecule has 3 rings (SSSR count). The van der Waals surface area contributed by atoms with Crippen LogP contribution >= 0.6 is 23.2 Å². The second-order valence-electron chi connectivity index (χ2n) is 6.36. The highest BCUT2D eigenvalue weighted by atomic mass is 35.5. The fourth-order valence-electron chi connectivity index (χ4n) is 3.19. The molecular formula is C19H18Cl2N2O4. The zero-order valence-corrected chi connectivity index (χ0v) is 16.1. The topological polar surface area (TPSA) is 79.6 Å². The summed E-state index contributed by atoms with van der Waals surface area (Å²) in [5.74, 6) is -2.59. The molecule has 27 heavy (non-hydrogen) atoms. The number of carbonyl (C=O) groups is 3. The van der Waals surface area contributed by atoms with E-state index in [1.54, 1.807) is 24.3 Å². The van der Waals surface area contributed by atoms with Crippen LogP contribution in [-0.4, -0.2) is 36.1 Å². The molecule has 6 nitrogen and oxygen atoms in total. The summed E-state index contributed by atoms with van der Waals surface area (Å²) in [6, 6.07) is 7.96. The lowest BCUT2D eigenvalue weighted by atomic mass is 9.96. The van der Waals surface area contributed by atoms with Crippen molar-refractivity contribution in [2.75, 3.05) is 13.6 Å². The number of amides is 2. The summed E-state index contributed by atoms with van der Waals surface area (Å²) in [6.45, 7) is 0.367. The molecule has 142 valence electrons. The zero-order chi connectivity index (χ0) is 19.6. The Morgan fingerprint density at radius 3 is 2.67 bits per heavy atom. The average Bonchev–Trinajstić information content (AvgIpc) is 3.24. The summed E-state index contributed by atoms with van der Waals surface area (Å²) in [7, 11) is 1.49. The Labute approximate surface area is 166 Å². The third kappa shape index (κ3) is 4.01. The molecular weight excluding hydrogens is 391 g/mol. The Morgan fingerprint density at radius 2 is 2.00 bits per heavy atom. The van der Waals surface area contributed by atoms with Crippen molar-refractivity contribution in [3.63, 3.8) is 0 Å². The lowest BCUT2D eigenvalue weighted by Crippen LogP contribution is -2.37. The maximum absolute atomic E-state index is 12.6. The standard InChI is InChI=1S/C19H18Cl2N2O4/c1-23-16(14-5-3-9-27-14)15(17(24)19(23)26)18(25)22-8-2-4-11-6-7-12(20)13(21)10-11/h3,5-7,9-10,15-16H,2,4,8H2,1H3,(H,22,25). The Hall–Kier alpha value is -2.31. The van der Waals surface area contributed by atoms with Crippen LogP contribution in [0.2, 0.25) is 10.0 Å². The van der Waals surface area contributed by atoms with Crippen LogP contribution in [0.25, 0.3) is 0 Å². The Bertz CT molecular complexity index is 867. The van der Waals surface area contributed by atoms with E-state index < -0.39 is 29.6 Å². The van der Waals surface area contributed by atoms with Gasteiger partial charge in [-0.3, -0.25) is 14.4 Å². The first-order valence-electron chi connectivity index (χ1n) is 8.46. The van der Waals surface area contributed by atoms with Crippen molar-refractivity contribution >= 4 is 40.8 Å². The van der Waals surface area contributed by atoms with Gasteiger partial charge in [-0.25, -0.2) is 0 Å². The number of hydrogen-bond acceptors (Lipinski definition) is 4. The summed E-state index contributed by atoms with van der Waals surface area (Å²) in [5.41, 5.74) is 0.999. The van der Waals surface area contributed by atoms with Crippen molar-refractivity contribution in [2.24, 2.45) is 5.92 Å². The predicted molar refractivity (Wildman–Crippen MR) is 101 cm³/mol. The molecule has 0 radical (unpaired) electrons. The minimum absolute atomic E-state index is 0.367. The van der Waals surface area contributed by atoms with Gasteiger partial charge < -0.3 is 14.6 Å². The van der Waals surface area contributed by atoms with E-state index in [0.717, 1.165) is 5.56 Å². The first-order valence-corrected chi connectivity index (χ1v) is 9.21. The number of ketones is 1. The van der Waals surface area contributed by atoms with E-state index in [-0.39, 0.29) is 0 Å². The van der Waals surface area contributed by atoms with Crippen molar-refractivity contribution < 1.29 is 18.8 Å². The summed E-state index contributed by atoms with van der Waals surface area (Å²) < 4.78 is 5.32. The first-order chi connectivity index (χ1) is 12.9. The number of likely N-dealkylation sites (N-methyl/N-ethyl adjacent to an activating group) is 1. The minimum Gasteiger partial charge on any atom is -0.467 e. The largest absolute Gasteiger partial charge is 0.467 e. The van der Waals surface area contributed by atoms with Gasteiger partial charge in [-0.2, -0.15) is 0 Å². The second-order valence-corrected chi connectivity index (χ2v) is 7.18. The molecule has 1 aromatic carbocycles. The van der Waals surface area contributed by atoms with Crippen molar-refractivity contribution in [1.82, 2.24) is 10.2 Å². The lowest BCUT2D eigenvalue weighted by molar-refractivity contribution is -0.142. The van der Waals surface area contributed by atoms with Crippen molar-refractivity contribution in [3.05, 3.63) is 58.0 Å². The number of aryl methyl sites for hydroxylation is 1. The fraction of sp³-hybridized carbons (Fsp3) is 0.316. The summed E-state index contributed by atoms with van der Waals surface area (Å²) in [4.78, 5) is 38.1. The van der Waals surface area contributed by atoms with Crippen LogP contribution in [0.3, 0.4) is 0 Å². The van der Waals surface area contributed by atoms with Crippen molar-refractivity contribution in [2.45, 2.75) is 18.9 Å². The Morgan fingerprint density at radius 1 is 1.22 bits per heavy atom. The van der Waals surface area contributed by atoms with E-state index in [1.165, 1.54) is 18.2 Å². The third-order valence-electron chi connectivity index (χ3n) is 4.59. The van der Waals surface area contributed by atoms with E-state index in [9.17, 15) is 14.4 Å². The number of hydrogen-bond donors (Lipinski definition) is 1. The quantitative estimate of drug-likeness (QED) is 0.452. The summed E-state index contributed by atoms with van der Waals surface area (Å²) in [6.07, 6.45) is 2.79. The molecule has 1 aromatic heterocycles. The molecule has 1 aliphatic rings. The molecule has 2 heterocycles. The molecule has 0 saturated carbocycles. The molecule has 2 atom stereocenters. The molecule has 2 unspecified atom stereocenters. The monoisotopic (exact) mass is 408 g/mol. The van der Waals surface area contributed by atoms with Gasteiger partial charge in [-0.1, -0.05) is 29.3 Å². The molecule has 0 bridgehead atoms. The van der Waals surface area contributed by atoms with E-state index in [1.807, 2.05) is 6.07 Å². The van der Waals surface area contributed by atoms with Crippen molar-refractivity contribution in [3.8, 4) is 0 Å². The van der Waals surface area contributed by atoms with Gasteiger partial charge in [0.15, 0.2) is 0 Å². The SMILES string of the molecule is CN1C(=O)C(=O)C(C(=O)NCCCc2ccc(Cl)c(Cl)c2)C1c1ccco1. The normalized spacial score (nSPS) is 19.6. The number of halogens is 2. The van der Waals surface area contributed by atoms with Gasteiger partial charge in [0.1, 0.15) is 17.7 Å². The molecule has 1 N–H and O–H groups in total. The predicted octanol–water partition coefficient (Wildman–Crippen LogP) is 3.03. The number of nitrogens with zero attached hydrogens (tertiary/aromatic N) is 1. The minimum atomic E-state index is -1.11. The van der Waals surface area contributed by atoms with Gasteiger partial charge in [0.2, 0.25) is 11.7 Å². The van der Waals surface area contributed by atoms with Crippen molar-refractivity contribution in [1.29, 1.82) is 0 Å². The molecule has 1 aliphatic heterocycles. The van der Waals surface area contributed by atoms with Crippen LogP contribution < -0.4 is 5.32 Å². The van der Waals surface area contributed by atoms with E-state index in [2.05, 4.69) is 5.32 Å². The number of benzene rings is 1. The van der Waals surface area contributed by atoms with Gasteiger partial charge in [0, 0.05) is 13.6 Å². The Kier molecular flexibility index (Phi) is 5.87. The number of likely N-dealkylation sites (tertiary alicyclic amines) is 1. The van der Waals surface area contributed by atoms with Crippen LogP contribution in [0.5, 0.6) is 0 Å². The smallest absolute Gasteiger partial charge is 0.291 e. The third-order valence-corrected chi connectivity index (χ3v) is 5.33. The molecule has 1 fully saturated rings. The summed E-state index contributed by atoms with van der Waals surface area (Å²) in [5, 5.41) is 3.72. The van der Waals surface area contributed by atoms with Gasteiger partial charge in [-0.05, 0) is 42.7 Å². The van der Waals surface area contributed by atoms with Crippen LogP contribution in [0.1, 0.15) is 23.8 Å². The van der Waals surface area contributed by atoms with Gasteiger partial charge in [0.25, 0.3) is 5.91 Å². The fourth-order valence-corrected chi connectivity index (χ4v) is 3.51. The average molecular weight is 409 g/mol. The molecule has 2 aromatic rings. The number of furan rings is 1. The maximum Gasteiger partial charge on any atom is 0.291 e. The zero-order valence-electron chi connectivity index (χ0n) is 14.6. The highest BCUT2D eigenvalue weighted by Crippen LogP contribution is 2.35. The van der Waals surface area contributed by atoms with E-state index in [4.69, 9.17) is 27.6 Å². The van der Waals surface area contributed by atoms with Crippen LogP contribution in [0.15, 0.2) is 41.0 Å². The molecule has 2 amide bonds. The molecule has 1 saturated heterocycles. The number of nitrogens with one attached hydrogen (secondary N) is 1. The maximum atomic E-state index is 12.6. The number of Topliss-reactive ketones (excluding diaryl/α,β-unsaturated/α-hetero) is 1. The molecule has 0 aliphatic carbocycles. The molecule has 8 heteroatoms.